The van der Waals surface area contributed by atoms with E-state index in [1.165, 1.54) is 29.2 Å². The van der Waals surface area contributed by atoms with Crippen LogP contribution < -0.4 is 0 Å². The van der Waals surface area contributed by atoms with Crippen LogP contribution in [-0.2, 0) is 4.79 Å². The molecule has 1 N–H and O–H groups in total. The first kappa shape index (κ1) is 13.5. The number of thiocarbonyl (C=S) groups is 1. The second kappa shape index (κ2) is 4.98. The minimum Gasteiger partial charge on any atom is -0.502 e. The number of likely N-dealkylation sites (N-methyl/N-ethyl adjacent to an activating group) is 1. The number of benzene rings is 1. The molecule has 98 valence electrons. The van der Waals surface area contributed by atoms with E-state index < -0.39 is 16.4 Å². The zero-order valence-electron chi connectivity index (χ0n) is 9.69. The number of nitro benzene ring substituents is 1. The summed E-state index contributed by atoms with van der Waals surface area (Å²) in [6, 6.07) is 3.92. The molecule has 0 aromatic heterocycles. The molecule has 1 heterocycles. The van der Waals surface area contributed by atoms with Crippen LogP contribution >= 0.6 is 24.0 Å². The second-order valence-electron chi connectivity index (χ2n) is 3.75. The maximum atomic E-state index is 11.8. The lowest BCUT2D eigenvalue weighted by Gasteiger charge is -2.03. The molecule has 0 atom stereocenters. The second-order valence-corrected chi connectivity index (χ2v) is 5.42. The summed E-state index contributed by atoms with van der Waals surface area (Å²) in [5.41, 5.74) is 0.0548. The third kappa shape index (κ3) is 2.59. The molecule has 0 bridgehead atoms. The molecule has 6 nitrogen and oxygen atoms in total. The van der Waals surface area contributed by atoms with E-state index in [-0.39, 0.29) is 5.91 Å². The monoisotopic (exact) mass is 296 g/mol. The summed E-state index contributed by atoms with van der Waals surface area (Å²) in [6.07, 6.45) is 1.51. The first-order chi connectivity index (χ1) is 8.90. The average Bonchev–Trinajstić information content (AvgIpc) is 2.59. The van der Waals surface area contributed by atoms with Crippen LogP contribution in [0.15, 0.2) is 23.1 Å². The number of nitro groups is 1. The first-order valence-electron chi connectivity index (χ1n) is 5.09. The molecule has 0 spiro atoms. The van der Waals surface area contributed by atoms with Crippen LogP contribution in [-0.4, -0.2) is 32.2 Å². The number of thioether (sulfide) groups is 1. The molecule has 1 saturated heterocycles. The quantitative estimate of drug-likeness (QED) is 0.389. The van der Waals surface area contributed by atoms with Gasteiger partial charge in [-0.25, -0.2) is 0 Å². The van der Waals surface area contributed by atoms with Crippen LogP contribution in [0.2, 0.25) is 0 Å². The van der Waals surface area contributed by atoms with Crippen molar-refractivity contribution in [3.05, 3.63) is 38.8 Å². The molecule has 0 unspecified atom stereocenters. The fraction of sp³-hybridized carbons (Fsp3) is 0.0909. The van der Waals surface area contributed by atoms with Crippen LogP contribution in [0.1, 0.15) is 5.56 Å². The number of nitrogens with zero attached hydrogens (tertiary/aromatic N) is 2. The van der Waals surface area contributed by atoms with Crippen molar-refractivity contribution in [3.63, 3.8) is 0 Å². The van der Waals surface area contributed by atoms with Crippen molar-refractivity contribution in [3.8, 4) is 5.75 Å². The summed E-state index contributed by atoms with van der Waals surface area (Å²) in [7, 11) is 1.57. The van der Waals surface area contributed by atoms with E-state index in [1.807, 2.05) is 0 Å². The van der Waals surface area contributed by atoms with Gasteiger partial charge in [0.2, 0.25) is 0 Å². The van der Waals surface area contributed by atoms with Crippen molar-refractivity contribution in [2.45, 2.75) is 0 Å². The van der Waals surface area contributed by atoms with Gasteiger partial charge in [-0.1, -0.05) is 30.0 Å². The van der Waals surface area contributed by atoms with Gasteiger partial charge in [-0.05, 0) is 17.7 Å². The Morgan fingerprint density at radius 1 is 1.53 bits per heavy atom. The topological polar surface area (TPSA) is 83.7 Å². The van der Waals surface area contributed by atoms with Gasteiger partial charge in [0, 0.05) is 13.1 Å². The number of aromatic hydroxyl groups is 1. The molecule has 8 heteroatoms. The lowest BCUT2D eigenvalue weighted by Crippen LogP contribution is -2.22. The maximum absolute atomic E-state index is 11.8. The number of rotatable bonds is 2. The van der Waals surface area contributed by atoms with Gasteiger partial charge in [-0.3, -0.25) is 19.8 Å². The van der Waals surface area contributed by atoms with E-state index in [1.54, 1.807) is 7.05 Å². The standard InChI is InChI=1S/C11H8N2O4S2/c1-12-10(15)9(19-11(12)18)5-6-2-3-8(14)7(4-6)13(16)17/h2-5,14H,1H3/b9-5-. The Labute approximate surface area is 117 Å². The molecule has 1 fully saturated rings. The Bertz CT molecular complexity index is 627. The highest BCUT2D eigenvalue weighted by molar-refractivity contribution is 8.26. The van der Waals surface area contributed by atoms with Gasteiger partial charge in [-0.2, -0.15) is 0 Å². The summed E-state index contributed by atoms with van der Waals surface area (Å²) < 4.78 is 0.435. The average molecular weight is 296 g/mol. The predicted octanol–water partition coefficient (Wildman–Crippen LogP) is 2.13. The smallest absolute Gasteiger partial charge is 0.311 e. The highest BCUT2D eigenvalue weighted by atomic mass is 32.2. The van der Waals surface area contributed by atoms with E-state index in [9.17, 15) is 20.0 Å². The fourth-order valence-corrected chi connectivity index (χ4v) is 2.65. The lowest BCUT2D eigenvalue weighted by molar-refractivity contribution is -0.385. The van der Waals surface area contributed by atoms with Gasteiger partial charge in [0.15, 0.2) is 5.75 Å². The fourth-order valence-electron chi connectivity index (χ4n) is 1.47. The first-order valence-corrected chi connectivity index (χ1v) is 6.31. The van der Waals surface area contributed by atoms with Crippen molar-refractivity contribution < 1.29 is 14.8 Å². The zero-order chi connectivity index (χ0) is 14.2. The zero-order valence-corrected chi connectivity index (χ0v) is 11.3. The maximum Gasteiger partial charge on any atom is 0.311 e. The van der Waals surface area contributed by atoms with Crippen LogP contribution in [0.5, 0.6) is 5.75 Å². The summed E-state index contributed by atoms with van der Waals surface area (Å²) in [6.45, 7) is 0. The van der Waals surface area contributed by atoms with Crippen molar-refractivity contribution in [2.24, 2.45) is 0 Å². The van der Waals surface area contributed by atoms with Crippen molar-refractivity contribution in [1.29, 1.82) is 0 Å². The molecular weight excluding hydrogens is 288 g/mol. The van der Waals surface area contributed by atoms with Crippen LogP contribution in [0, 0.1) is 10.1 Å². The number of hydrogen-bond acceptors (Lipinski definition) is 6. The highest BCUT2D eigenvalue weighted by Gasteiger charge is 2.28. The summed E-state index contributed by atoms with van der Waals surface area (Å²) in [4.78, 5) is 23.5. The molecule has 0 saturated carbocycles. The lowest BCUT2D eigenvalue weighted by atomic mass is 10.1. The molecule has 1 aromatic carbocycles. The minimum atomic E-state index is -0.683. The summed E-state index contributed by atoms with van der Waals surface area (Å²) in [5, 5.41) is 20.0. The van der Waals surface area contributed by atoms with Crippen LogP contribution in [0.25, 0.3) is 6.08 Å². The van der Waals surface area contributed by atoms with Gasteiger partial charge in [-0.15, -0.1) is 0 Å². The molecular formula is C11H8N2O4S2. The number of phenols is 1. The Morgan fingerprint density at radius 2 is 2.21 bits per heavy atom. The molecule has 19 heavy (non-hydrogen) atoms. The van der Waals surface area contributed by atoms with E-state index in [4.69, 9.17) is 12.2 Å². The van der Waals surface area contributed by atoms with Gasteiger partial charge < -0.3 is 5.11 Å². The van der Waals surface area contributed by atoms with E-state index in [2.05, 4.69) is 0 Å². The molecule has 2 rings (SSSR count). The predicted molar refractivity (Wildman–Crippen MR) is 75.7 cm³/mol. The number of amides is 1. The summed E-state index contributed by atoms with van der Waals surface area (Å²) in [5.74, 6) is -0.657. The molecule has 0 radical (unpaired) electrons. The molecule has 0 aliphatic carbocycles. The Hall–Kier alpha value is -1.93. The normalized spacial score (nSPS) is 17.3. The number of carbonyl (C=O) groups excluding carboxylic acids is 1. The summed E-state index contributed by atoms with van der Waals surface area (Å²) >= 11 is 6.11. The number of phenolic OH excluding ortho intramolecular Hbond substituents is 1. The molecule has 1 aliphatic rings. The van der Waals surface area contributed by atoms with Gasteiger partial charge in [0.1, 0.15) is 4.32 Å². The Morgan fingerprint density at radius 3 is 2.74 bits per heavy atom. The van der Waals surface area contributed by atoms with E-state index >= 15 is 0 Å². The molecule has 1 aromatic rings. The third-order valence-corrected chi connectivity index (χ3v) is 3.97. The SMILES string of the molecule is CN1C(=O)/C(=C/c2ccc(O)c([N+](=O)[O-])c2)SC1=S. The minimum absolute atomic E-state index is 0.245. The van der Waals surface area contributed by atoms with Gasteiger partial charge >= 0.3 is 5.69 Å². The van der Waals surface area contributed by atoms with E-state index in [0.29, 0.717) is 14.8 Å². The van der Waals surface area contributed by atoms with Crippen LogP contribution in [0.3, 0.4) is 0 Å². The Balaban J connectivity index is 2.39. The largest absolute Gasteiger partial charge is 0.502 e. The molecule has 1 aliphatic heterocycles. The van der Waals surface area contributed by atoms with Gasteiger partial charge in [0.25, 0.3) is 5.91 Å². The number of hydrogen-bond donors (Lipinski definition) is 1. The highest BCUT2D eigenvalue weighted by Crippen LogP contribution is 2.33. The third-order valence-electron chi connectivity index (χ3n) is 2.48. The van der Waals surface area contributed by atoms with Crippen molar-refractivity contribution in [1.82, 2.24) is 4.90 Å². The Kier molecular flexibility index (Phi) is 3.54. The van der Waals surface area contributed by atoms with Crippen molar-refractivity contribution in [2.75, 3.05) is 7.05 Å². The van der Waals surface area contributed by atoms with E-state index in [0.717, 1.165) is 11.8 Å². The van der Waals surface area contributed by atoms with Crippen molar-refractivity contribution >= 4 is 46.0 Å². The van der Waals surface area contributed by atoms with Gasteiger partial charge in [0.05, 0.1) is 9.83 Å². The number of carbonyl (C=O) groups is 1. The molecule has 1 amide bonds. The van der Waals surface area contributed by atoms with Crippen LogP contribution in [0.4, 0.5) is 5.69 Å².